The van der Waals surface area contributed by atoms with Crippen LogP contribution >= 0.6 is 0 Å². The molecule has 0 fully saturated rings. The van der Waals surface area contributed by atoms with Crippen molar-refractivity contribution in [2.75, 3.05) is 0 Å². The van der Waals surface area contributed by atoms with Gasteiger partial charge in [-0.25, -0.2) is 0 Å². The minimum Gasteiger partial charge on any atom is -0.0616 e. The van der Waals surface area contributed by atoms with Crippen molar-refractivity contribution in [3.8, 4) is 66.8 Å². The van der Waals surface area contributed by atoms with Gasteiger partial charge in [0.15, 0.2) is 0 Å². The second-order valence-electron chi connectivity index (χ2n) is 18.7. The summed E-state index contributed by atoms with van der Waals surface area (Å²) in [7, 11) is 0. The van der Waals surface area contributed by atoms with Crippen molar-refractivity contribution in [3.63, 3.8) is 0 Å². The van der Waals surface area contributed by atoms with Crippen molar-refractivity contribution in [2.24, 2.45) is 0 Å². The highest BCUT2D eigenvalue weighted by Crippen LogP contribution is 2.47. The van der Waals surface area contributed by atoms with Crippen LogP contribution in [-0.2, 0) is 0 Å². The van der Waals surface area contributed by atoms with Crippen LogP contribution < -0.4 is 0 Å². The second kappa shape index (κ2) is 16.3. The molecule has 0 aliphatic heterocycles. The third-order valence-electron chi connectivity index (χ3n) is 14.8. The maximum absolute atomic E-state index is 2.41. The number of hydrogen-bond donors (Lipinski definition) is 0. The lowest BCUT2D eigenvalue weighted by Gasteiger charge is -2.20. The van der Waals surface area contributed by atoms with Gasteiger partial charge in [-0.2, -0.15) is 0 Å². The Morgan fingerprint density at radius 1 is 0.143 bits per heavy atom. The van der Waals surface area contributed by atoms with Crippen LogP contribution in [0.25, 0.3) is 142 Å². The van der Waals surface area contributed by atoms with Crippen molar-refractivity contribution in [3.05, 3.63) is 267 Å². The Balaban J connectivity index is 0.920. The van der Waals surface area contributed by atoms with E-state index in [-0.39, 0.29) is 0 Å². The molecule has 14 aromatic rings. The summed E-state index contributed by atoms with van der Waals surface area (Å²) in [6, 6.07) is 99.1. The molecule has 70 heavy (non-hydrogen) atoms. The molecular formula is C70H44. The Morgan fingerprint density at radius 2 is 0.571 bits per heavy atom. The van der Waals surface area contributed by atoms with Crippen LogP contribution in [0.3, 0.4) is 0 Å². The number of fused-ring (bicyclic) bond motifs is 7. The minimum atomic E-state index is 1.19. The molecule has 0 N–H and O–H groups in total. The van der Waals surface area contributed by atoms with Gasteiger partial charge in [-0.05, 0) is 173 Å². The molecule has 0 saturated carbocycles. The van der Waals surface area contributed by atoms with Gasteiger partial charge in [-0.1, -0.05) is 237 Å². The lowest BCUT2D eigenvalue weighted by molar-refractivity contribution is 1.61. The summed E-state index contributed by atoms with van der Waals surface area (Å²) in [5.41, 5.74) is 14.8. The SMILES string of the molecule is c1cc(-c2ccc3c(-c4cccc5ccccc45)cc(-c4cccc5ccccc45)cc3c2)cc(-c2ccc(-c3c4ccccc4c(-c4ccc5ccccc5c4)c4ccccc34)c3ccccc23)c1. The molecule has 0 heteroatoms. The lowest BCUT2D eigenvalue weighted by atomic mass is 9.83. The third-order valence-corrected chi connectivity index (χ3v) is 14.8. The summed E-state index contributed by atoms with van der Waals surface area (Å²) < 4.78 is 0. The fourth-order valence-corrected chi connectivity index (χ4v) is 11.6. The fraction of sp³-hybridized carbons (Fsp3) is 0. The van der Waals surface area contributed by atoms with E-state index in [1.807, 2.05) is 0 Å². The smallest absolute Gasteiger partial charge is 0.00201 e. The molecule has 0 unspecified atom stereocenters. The van der Waals surface area contributed by atoms with Crippen molar-refractivity contribution in [2.45, 2.75) is 0 Å². The quantitative estimate of drug-likeness (QED) is 0.146. The van der Waals surface area contributed by atoms with Gasteiger partial charge in [-0.3, -0.25) is 0 Å². The molecule has 0 amide bonds. The molecule has 0 atom stereocenters. The van der Waals surface area contributed by atoms with Crippen molar-refractivity contribution in [1.82, 2.24) is 0 Å². The number of benzene rings is 14. The molecule has 0 bridgehead atoms. The zero-order chi connectivity index (χ0) is 46.1. The molecular weight excluding hydrogens is 841 g/mol. The highest BCUT2D eigenvalue weighted by atomic mass is 14.2. The van der Waals surface area contributed by atoms with Crippen LogP contribution in [0.1, 0.15) is 0 Å². The van der Waals surface area contributed by atoms with E-state index < -0.39 is 0 Å². The summed E-state index contributed by atoms with van der Waals surface area (Å²) in [5, 5.41) is 17.5. The van der Waals surface area contributed by atoms with Crippen LogP contribution in [0, 0.1) is 0 Å². The second-order valence-corrected chi connectivity index (χ2v) is 18.7. The standard InChI is InChI=1S/C70H44/c1-2-19-48-41-52(35-34-45(48)16-1)69-63-28-9-11-30-65(63)70(66-31-12-10-29-64(66)69)67-39-38-58(60-26-7-8-27-62(60)67)51-23-13-22-49(40-51)50-36-37-59-53(42-50)43-54(57-32-14-20-46-17-3-5-24-55(46)57)44-68(59)61-33-15-21-47-18-4-6-25-56(47)61/h1-44H. The first-order valence-corrected chi connectivity index (χ1v) is 24.3. The first-order valence-electron chi connectivity index (χ1n) is 24.3. The van der Waals surface area contributed by atoms with Crippen molar-refractivity contribution < 1.29 is 0 Å². The highest BCUT2D eigenvalue weighted by molar-refractivity contribution is 6.24. The van der Waals surface area contributed by atoms with Crippen molar-refractivity contribution in [1.29, 1.82) is 0 Å². The molecule has 0 aliphatic rings. The minimum absolute atomic E-state index is 1.19. The van der Waals surface area contributed by atoms with E-state index in [2.05, 4.69) is 267 Å². The van der Waals surface area contributed by atoms with Gasteiger partial charge in [0.2, 0.25) is 0 Å². The van der Waals surface area contributed by atoms with Gasteiger partial charge in [0.05, 0.1) is 0 Å². The maximum Gasteiger partial charge on any atom is -0.00201 e. The summed E-state index contributed by atoms with van der Waals surface area (Å²) in [4.78, 5) is 0. The Hall–Kier alpha value is -9.10. The van der Waals surface area contributed by atoms with E-state index in [0.717, 1.165) is 0 Å². The van der Waals surface area contributed by atoms with Crippen LogP contribution in [-0.4, -0.2) is 0 Å². The summed E-state index contributed by atoms with van der Waals surface area (Å²) in [5.74, 6) is 0. The van der Waals surface area contributed by atoms with E-state index in [1.165, 1.54) is 142 Å². The average Bonchev–Trinajstić information content (AvgIpc) is 3.43. The Bertz CT molecular complexity index is 4350. The average molecular weight is 885 g/mol. The molecule has 0 saturated heterocycles. The molecule has 14 rings (SSSR count). The summed E-state index contributed by atoms with van der Waals surface area (Å²) >= 11 is 0. The van der Waals surface area contributed by atoms with Gasteiger partial charge < -0.3 is 0 Å². The lowest BCUT2D eigenvalue weighted by Crippen LogP contribution is -1.92. The first kappa shape index (κ1) is 40.0. The normalized spacial score (nSPS) is 11.7. The number of hydrogen-bond acceptors (Lipinski definition) is 0. The van der Waals surface area contributed by atoms with E-state index in [1.54, 1.807) is 0 Å². The van der Waals surface area contributed by atoms with Crippen molar-refractivity contribution >= 4 is 75.4 Å². The predicted molar refractivity (Wildman–Crippen MR) is 302 cm³/mol. The van der Waals surface area contributed by atoms with Gasteiger partial charge in [-0.15, -0.1) is 0 Å². The predicted octanol–water partition coefficient (Wildman–Crippen LogP) is 19.8. The molecule has 0 aliphatic carbocycles. The molecule has 0 radical (unpaired) electrons. The van der Waals surface area contributed by atoms with E-state index in [9.17, 15) is 0 Å². The van der Waals surface area contributed by atoms with Gasteiger partial charge in [0.1, 0.15) is 0 Å². The van der Waals surface area contributed by atoms with Crippen LogP contribution in [0.15, 0.2) is 267 Å². The highest BCUT2D eigenvalue weighted by Gasteiger charge is 2.20. The fourth-order valence-electron chi connectivity index (χ4n) is 11.6. The summed E-state index contributed by atoms with van der Waals surface area (Å²) in [6.07, 6.45) is 0. The largest absolute Gasteiger partial charge is 0.0616 e. The molecule has 0 aromatic heterocycles. The maximum atomic E-state index is 2.41. The van der Waals surface area contributed by atoms with E-state index in [4.69, 9.17) is 0 Å². The molecule has 0 heterocycles. The summed E-state index contributed by atoms with van der Waals surface area (Å²) in [6.45, 7) is 0. The topological polar surface area (TPSA) is 0 Å². The Morgan fingerprint density at radius 3 is 1.27 bits per heavy atom. The zero-order valence-electron chi connectivity index (χ0n) is 38.4. The van der Waals surface area contributed by atoms with Gasteiger partial charge in [0.25, 0.3) is 0 Å². The Labute approximate surface area is 407 Å². The molecule has 0 spiro atoms. The van der Waals surface area contributed by atoms with E-state index in [0.29, 0.717) is 0 Å². The molecule has 0 nitrogen and oxygen atoms in total. The van der Waals surface area contributed by atoms with Gasteiger partial charge in [0, 0.05) is 0 Å². The van der Waals surface area contributed by atoms with Crippen LogP contribution in [0.2, 0.25) is 0 Å². The monoisotopic (exact) mass is 884 g/mol. The first-order chi connectivity index (χ1) is 34.7. The molecule has 14 aromatic carbocycles. The zero-order valence-corrected chi connectivity index (χ0v) is 38.4. The number of rotatable bonds is 6. The Kier molecular flexibility index (Phi) is 9.32. The van der Waals surface area contributed by atoms with E-state index >= 15 is 0 Å². The van der Waals surface area contributed by atoms with Gasteiger partial charge >= 0.3 is 0 Å². The van der Waals surface area contributed by atoms with Crippen LogP contribution in [0.4, 0.5) is 0 Å². The van der Waals surface area contributed by atoms with Crippen LogP contribution in [0.5, 0.6) is 0 Å². The third kappa shape index (κ3) is 6.53. The molecule has 324 valence electrons.